The van der Waals surface area contributed by atoms with Gasteiger partial charge in [0.15, 0.2) is 5.96 Å². The minimum absolute atomic E-state index is 0. The average Bonchev–Trinajstić information content (AvgIpc) is 3.17. The molecule has 1 fully saturated rings. The Morgan fingerprint density at radius 2 is 1.92 bits per heavy atom. The first kappa shape index (κ1) is 23.2. The van der Waals surface area contributed by atoms with Crippen molar-refractivity contribution in [3.05, 3.63) is 35.4 Å². The van der Waals surface area contributed by atoms with Crippen LogP contribution in [0.1, 0.15) is 30.9 Å². The number of nitrogens with one attached hydrogen (secondary N) is 2. The molecule has 0 bridgehead atoms. The van der Waals surface area contributed by atoms with Crippen LogP contribution in [0.2, 0.25) is 0 Å². The van der Waals surface area contributed by atoms with E-state index >= 15 is 0 Å². The first-order valence-electron chi connectivity index (χ1n) is 9.49. The normalized spacial score (nSPS) is 17.0. The predicted molar refractivity (Wildman–Crippen MR) is 119 cm³/mol. The molecule has 2 N–H and O–H groups in total. The minimum atomic E-state index is 0. The largest absolute Gasteiger partial charge is 0.381 e. The summed E-state index contributed by atoms with van der Waals surface area (Å²) in [6, 6.07) is 8.84. The smallest absolute Gasteiger partial charge is 0.190 e. The van der Waals surface area contributed by atoms with E-state index in [-0.39, 0.29) is 24.0 Å². The second-order valence-electron chi connectivity index (χ2n) is 6.50. The van der Waals surface area contributed by atoms with Crippen molar-refractivity contribution in [1.82, 2.24) is 10.6 Å². The van der Waals surface area contributed by atoms with Gasteiger partial charge in [-0.25, -0.2) is 0 Å². The fourth-order valence-electron chi connectivity index (χ4n) is 2.83. The van der Waals surface area contributed by atoms with E-state index in [1.165, 1.54) is 11.1 Å². The summed E-state index contributed by atoms with van der Waals surface area (Å²) in [6.45, 7) is 7.28. The first-order chi connectivity index (χ1) is 12.3. The van der Waals surface area contributed by atoms with Gasteiger partial charge in [0.05, 0.1) is 13.2 Å². The van der Waals surface area contributed by atoms with Crippen molar-refractivity contribution in [3.8, 4) is 0 Å². The van der Waals surface area contributed by atoms with Gasteiger partial charge in [0.25, 0.3) is 0 Å². The van der Waals surface area contributed by atoms with Crippen LogP contribution in [-0.4, -0.2) is 52.5 Å². The fraction of sp³-hybridized carbons (Fsp3) is 0.650. The molecule has 0 saturated carbocycles. The molecule has 1 saturated heterocycles. The molecule has 1 aromatic rings. The number of aryl methyl sites for hydroxylation is 1. The van der Waals surface area contributed by atoms with Gasteiger partial charge in [-0.05, 0) is 36.8 Å². The number of ether oxygens (including phenoxy) is 2. The van der Waals surface area contributed by atoms with Gasteiger partial charge >= 0.3 is 0 Å². The average molecular weight is 475 g/mol. The number of guanidine groups is 1. The van der Waals surface area contributed by atoms with Crippen LogP contribution >= 0.6 is 24.0 Å². The lowest BCUT2D eigenvalue weighted by atomic mass is 10.1. The van der Waals surface area contributed by atoms with Crippen molar-refractivity contribution in [1.29, 1.82) is 0 Å². The third-order valence-corrected chi connectivity index (χ3v) is 4.50. The number of halogens is 1. The monoisotopic (exact) mass is 475 g/mol. The summed E-state index contributed by atoms with van der Waals surface area (Å²) in [5, 5.41) is 6.70. The van der Waals surface area contributed by atoms with Crippen molar-refractivity contribution in [2.24, 2.45) is 10.9 Å². The van der Waals surface area contributed by atoms with Gasteiger partial charge in [-0.2, -0.15) is 0 Å². The van der Waals surface area contributed by atoms with Gasteiger partial charge < -0.3 is 20.1 Å². The number of aliphatic imine (C=N–C) groups is 1. The number of nitrogens with zero attached hydrogens (tertiary/aromatic N) is 1. The first-order valence-corrected chi connectivity index (χ1v) is 9.49. The van der Waals surface area contributed by atoms with Crippen LogP contribution < -0.4 is 10.6 Å². The number of benzene rings is 1. The fourth-order valence-corrected chi connectivity index (χ4v) is 2.83. The summed E-state index contributed by atoms with van der Waals surface area (Å²) in [7, 11) is 1.81. The topological polar surface area (TPSA) is 54.9 Å². The Hall–Kier alpha value is -0.860. The van der Waals surface area contributed by atoms with Crippen molar-refractivity contribution >= 4 is 29.9 Å². The highest BCUT2D eigenvalue weighted by atomic mass is 127. The molecule has 1 heterocycles. The molecule has 5 nitrogen and oxygen atoms in total. The maximum Gasteiger partial charge on any atom is 0.190 e. The summed E-state index contributed by atoms with van der Waals surface area (Å²) in [5.74, 6) is 1.45. The third-order valence-electron chi connectivity index (χ3n) is 4.50. The van der Waals surface area contributed by atoms with Gasteiger partial charge in [0, 0.05) is 39.3 Å². The van der Waals surface area contributed by atoms with Crippen LogP contribution in [0, 0.1) is 5.92 Å². The highest BCUT2D eigenvalue weighted by Crippen LogP contribution is 2.12. The van der Waals surface area contributed by atoms with Gasteiger partial charge in [0.1, 0.15) is 0 Å². The van der Waals surface area contributed by atoms with Crippen molar-refractivity contribution in [2.45, 2.75) is 32.6 Å². The second-order valence-corrected chi connectivity index (χ2v) is 6.50. The van der Waals surface area contributed by atoms with Gasteiger partial charge in [-0.15, -0.1) is 24.0 Å². The molecule has 1 aromatic carbocycles. The maximum absolute atomic E-state index is 5.71. The molecule has 1 unspecified atom stereocenters. The zero-order valence-electron chi connectivity index (χ0n) is 16.1. The van der Waals surface area contributed by atoms with E-state index in [4.69, 9.17) is 9.47 Å². The highest BCUT2D eigenvalue weighted by Gasteiger charge is 2.15. The van der Waals surface area contributed by atoms with Crippen LogP contribution in [0.4, 0.5) is 0 Å². The number of hydrogen-bond acceptors (Lipinski definition) is 3. The molecule has 1 atom stereocenters. The van der Waals surface area contributed by atoms with Crippen LogP contribution in [0.3, 0.4) is 0 Å². The Balaban J connectivity index is 0.00000338. The van der Waals surface area contributed by atoms with E-state index in [9.17, 15) is 0 Å². The summed E-state index contributed by atoms with van der Waals surface area (Å²) in [6.07, 6.45) is 4.20. The molecule has 0 amide bonds. The lowest BCUT2D eigenvalue weighted by Crippen LogP contribution is -2.39. The van der Waals surface area contributed by atoms with Gasteiger partial charge in [-0.3, -0.25) is 4.99 Å². The van der Waals surface area contributed by atoms with E-state index in [2.05, 4.69) is 46.8 Å². The van der Waals surface area contributed by atoms with Crippen LogP contribution in [0.25, 0.3) is 0 Å². The zero-order valence-corrected chi connectivity index (χ0v) is 18.5. The van der Waals surface area contributed by atoms with Crippen LogP contribution in [0.15, 0.2) is 29.3 Å². The molecule has 2 rings (SSSR count). The standard InChI is InChI=1S/C20H33N3O2.HI/c1-3-17-5-7-18(8-6-17)9-12-23-20(21-2)22-11-4-13-24-15-19-10-14-25-16-19;/h5-8,19H,3-4,9-16H2,1-2H3,(H2,21,22,23);1H. The molecule has 0 radical (unpaired) electrons. The Kier molecular flexibility index (Phi) is 12.7. The quantitative estimate of drug-likeness (QED) is 0.237. The second kappa shape index (κ2) is 14.2. The maximum atomic E-state index is 5.71. The number of rotatable bonds is 10. The predicted octanol–water partition coefficient (Wildman–Crippen LogP) is 3.02. The Labute approximate surface area is 175 Å². The molecule has 1 aliphatic rings. The summed E-state index contributed by atoms with van der Waals surface area (Å²) >= 11 is 0. The van der Waals surface area contributed by atoms with Crippen molar-refractivity contribution in [3.63, 3.8) is 0 Å². The Bertz CT molecular complexity index is 502. The molecular weight excluding hydrogens is 441 g/mol. The molecule has 0 aromatic heterocycles. The van der Waals surface area contributed by atoms with E-state index in [0.717, 1.165) is 71.2 Å². The zero-order chi connectivity index (χ0) is 17.7. The van der Waals surface area contributed by atoms with Crippen LogP contribution in [-0.2, 0) is 22.3 Å². The Morgan fingerprint density at radius 1 is 1.19 bits per heavy atom. The molecule has 0 spiro atoms. The van der Waals surface area contributed by atoms with E-state index in [1.54, 1.807) is 0 Å². The van der Waals surface area contributed by atoms with E-state index in [1.807, 2.05) is 7.05 Å². The van der Waals surface area contributed by atoms with Crippen LogP contribution in [0.5, 0.6) is 0 Å². The Morgan fingerprint density at radius 3 is 2.58 bits per heavy atom. The summed E-state index contributed by atoms with van der Waals surface area (Å²) < 4.78 is 11.1. The molecule has 1 aliphatic heterocycles. The summed E-state index contributed by atoms with van der Waals surface area (Å²) in [5.41, 5.74) is 2.74. The SMILES string of the molecule is CCc1ccc(CCNC(=NC)NCCCOCC2CCOC2)cc1.I. The van der Waals surface area contributed by atoms with Crippen molar-refractivity contribution in [2.75, 3.05) is 46.6 Å². The summed E-state index contributed by atoms with van der Waals surface area (Å²) in [4.78, 5) is 4.26. The third kappa shape index (κ3) is 9.19. The molecule has 26 heavy (non-hydrogen) atoms. The van der Waals surface area contributed by atoms with Gasteiger partial charge in [-0.1, -0.05) is 31.2 Å². The van der Waals surface area contributed by atoms with Crippen molar-refractivity contribution < 1.29 is 9.47 Å². The lowest BCUT2D eigenvalue weighted by molar-refractivity contribution is 0.0888. The molecule has 148 valence electrons. The lowest BCUT2D eigenvalue weighted by Gasteiger charge is -2.13. The van der Waals surface area contributed by atoms with E-state index < -0.39 is 0 Å². The minimum Gasteiger partial charge on any atom is -0.381 e. The van der Waals surface area contributed by atoms with E-state index in [0.29, 0.717) is 5.92 Å². The molecule has 0 aliphatic carbocycles. The van der Waals surface area contributed by atoms with Gasteiger partial charge in [0.2, 0.25) is 0 Å². The molecular formula is C20H34IN3O2. The molecule has 6 heteroatoms. The number of hydrogen-bond donors (Lipinski definition) is 2. The highest BCUT2D eigenvalue weighted by molar-refractivity contribution is 14.0.